The van der Waals surface area contributed by atoms with Crippen molar-refractivity contribution in [3.8, 4) is 0 Å². The molecule has 0 saturated heterocycles. The molecular weight excluding hydrogens is 484 g/mol. The summed E-state index contributed by atoms with van der Waals surface area (Å²) in [6.07, 6.45) is 0. The molecule has 2 aromatic carbocycles. The summed E-state index contributed by atoms with van der Waals surface area (Å²) in [6, 6.07) is 15.7. The summed E-state index contributed by atoms with van der Waals surface area (Å²) < 4.78 is 10.4. The van der Waals surface area contributed by atoms with Crippen LogP contribution in [0.25, 0.3) is 10.8 Å². The Bertz CT molecular complexity index is 1480. The summed E-state index contributed by atoms with van der Waals surface area (Å²) in [6.45, 7) is 3.11. The highest BCUT2D eigenvalue weighted by atomic mass is 32.1. The number of H-pyrrole nitrogens is 1. The van der Waals surface area contributed by atoms with Crippen LogP contribution in [0.2, 0.25) is 0 Å². The number of benzene rings is 2. The summed E-state index contributed by atoms with van der Waals surface area (Å²) in [4.78, 5) is 56.3. The number of hydrogen-bond donors (Lipinski definition) is 1. The lowest BCUT2D eigenvalue weighted by Crippen LogP contribution is -2.34. The van der Waals surface area contributed by atoms with Gasteiger partial charge in [0.1, 0.15) is 4.88 Å². The summed E-state index contributed by atoms with van der Waals surface area (Å²) in [7, 11) is 0. The number of ether oxygens (including phenoxy) is 2. The molecule has 1 amide bonds. The SMILES string of the molecule is CCOC(=O)c1sc(N(Cc2ccccc2)C(=O)COC(=O)c2n[nH]c(=O)c3ccccc23)nc1C. The highest BCUT2D eigenvalue weighted by Gasteiger charge is 2.26. The predicted octanol–water partition coefficient (Wildman–Crippen LogP) is 3.25. The van der Waals surface area contributed by atoms with Crippen molar-refractivity contribution in [3.63, 3.8) is 0 Å². The van der Waals surface area contributed by atoms with Crippen molar-refractivity contribution >= 4 is 45.1 Å². The number of rotatable bonds is 8. The zero-order valence-electron chi connectivity index (χ0n) is 19.5. The van der Waals surface area contributed by atoms with Gasteiger partial charge in [-0.3, -0.25) is 14.5 Å². The van der Waals surface area contributed by atoms with Gasteiger partial charge in [-0.05, 0) is 25.5 Å². The molecule has 0 fully saturated rings. The maximum absolute atomic E-state index is 13.2. The first-order valence-electron chi connectivity index (χ1n) is 11.0. The van der Waals surface area contributed by atoms with E-state index in [-0.39, 0.29) is 29.4 Å². The Morgan fingerprint density at radius 1 is 0.972 bits per heavy atom. The third kappa shape index (κ3) is 5.31. The van der Waals surface area contributed by atoms with Gasteiger partial charge < -0.3 is 9.47 Å². The maximum atomic E-state index is 13.2. The first-order valence-corrected chi connectivity index (χ1v) is 11.8. The normalized spacial score (nSPS) is 10.7. The average Bonchev–Trinajstić information content (AvgIpc) is 3.28. The van der Waals surface area contributed by atoms with Crippen LogP contribution in [0.5, 0.6) is 0 Å². The zero-order valence-corrected chi connectivity index (χ0v) is 20.3. The molecule has 0 radical (unpaired) electrons. The molecule has 2 aromatic heterocycles. The Labute approximate surface area is 209 Å². The Hall–Kier alpha value is -4.38. The van der Waals surface area contributed by atoms with Crippen molar-refractivity contribution < 1.29 is 23.9 Å². The second kappa shape index (κ2) is 10.9. The van der Waals surface area contributed by atoms with Gasteiger partial charge in [0.2, 0.25) is 0 Å². The monoisotopic (exact) mass is 506 g/mol. The van der Waals surface area contributed by atoms with E-state index in [4.69, 9.17) is 9.47 Å². The molecule has 2 heterocycles. The van der Waals surface area contributed by atoms with Crippen molar-refractivity contribution in [3.05, 3.63) is 86.8 Å². The topological polar surface area (TPSA) is 132 Å². The van der Waals surface area contributed by atoms with Gasteiger partial charge in [-0.2, -0.15) is 5.10 Å². The maximum Gasteiger partial charge on any atom is 0.359 e. The minimum Gasteiger partial charge on any atom is -0.462 e. The van der Waals surface area contributed by atoms with Crippen LogP contribution in [0, 0.1) is 6.92 Å². The van der Waals surface area contributed by atoms with Gasteiger partial charge in [-0.25, -0.2) is 19.7 Å². The van der Waals surface area contributed by atoms with Crippen molar-refractivity contribution in [1.29, 1.82) is 0 Å². The van der Waals surface area contributed by atoms with Crippen molar-refractivity contribution in [1.82, 2.24) is 15.2 Å². The number of fused-ring (bicyclic) bond motifs is 1. The van der Waals surface area contributed by atoms with E-state index in [9.17, 15) is 19.2 Å². The molecule has 0 aliphatic carbocycles. The average molecular weight is 507 g/mol. The van der Waals surface area contributed by atoms with Crippen LogP contribution >= 0.6 is 11.3 Å². The number of anilines is 1. The number of hydrogen-bond acceptors (Lipinski definition) is 9. The second-order valence-electron chi connectivity index (χ2n) is 7.62. The first kappa shape index (κ1) is 24.7. The fraction of sp³-hybridized carbons (Fsp3) is 0.200. The Morgan fingerprint density at radius 2 is 1.67 bits per heavy atom. The van der Waals surface area contributed by atoms with E-state index in [0.29, 0.717) is 16.0 Å². The lowest BCUT2D eigenvalue weighted by atomic mass is 10.1. The van der Waals surface area contributed by atoms with Crippen LogP contribution < -0.4 is 10.5 Å². The number of carbonyl (C=O) groups excluding carboxylic acids is 3. The van der Waals surface area contributed by atoms with Gasteiger partial charge >= 0.3 is 11.9 Å². The molecule has 0 aliphatic rings. The Morgan fingerprint density at radius 3 is 2.39 bits per heavy atom. The molecule has 0 unspecified atom stereocenters. The summed E-state index contributed by atoms with van der Waals surface area (Å²) in [5.74, 6) is -1.93. The van der Waals surface area contributed by atoms with Crippen LogP contribution in [0.3, 0.4) is 0 Å². The first-order chi connectivity index (χ1) is 17.4. The molecule has 0 atom stereocenters. The standard InChI is InChI=1S/C25H22N4O6S/c1-3-34-24(33)21-15(2)26-25(36-21)29(13-16-9-5-4-6-10-16)19(30)14-35-23(32)20-17-11-7-8-12-18(17)22(31)28-27-20/h4-12H,3,13-14H2,1-2H3,(H,28,31). The number of thiazole rings is 1. The number of amides is 1. The van der Waals surface area contributed by atoms with E-state index >= 15 is 0 Å². The third-order valence-corrected chi connectivity index (χ3v) is 6.34. The molecule has 11 heteroatoms. The summed E-state index contributed by atoms with van der Waals surface area (Å²) >= 11 is 1.02. The molecule has 0 aliphatic heterocycles. The van der Waals surface area contributed by atoms with Crippen molar-refractivity contribution in [2.45, 2.75) is 20.4 Å². The lowest BCUT2D eigenvalue weighted by Gasteiger charge is -2.20. The smallest absolute Gasteiger partial charge is 0.359 e. The van der Waals surface area contributed by atoms with E-state index in [2.05, 4.69) is 15.2 Å². The van der Waals surface area contributed by atoms with Crippen LogP contribution in [-0.2, 0) is 20.8 Å². The lowest BCUT2D eigenvalue weighted by molar-refractivity contribution is -0.121. The largest absolute Gasteiger partial charge is 0.462 e. The molecule has 4 aromatic rings. The van der Waals surface area contributed by atoms with Gasteiger partial charge in [0.05, 0.1) is 24.2 Å². The number of nitrogens with one attached hydrogen (secondary N) is 1. The number of aryl methyl sites for hydroxylation is 1. The molecule has 0 bridgehead atoms. The molecule has 36 heavy (non-hydrogen) atoms. The van der Waals surface area contributed by atoms with E-state index in [1.54, 1.807) is 38.1 Å². The molecule has 184 valence electrons. The minimum atomic E-state index is -0.863. The van der Waals surface area contributed by atoms with E-state index in [1.807, 2.05) is 30.3 Å². The van der Waals surface area contributed by atoms with Gasteiger partial charge in [0.15, 0.2) is 17.4 Å². The van der Waals surface area contributed by atoms with Crippen molar-refractivity contribution in [2.75, 3.05) is 18.1 Å². The zero-order chi connectivity index (χ0) is 25.7. The molecule has 4 rings (SSSR count). The predicted molar refractivity (Wildman–Crippen MR) is 133 cm³/mol. The van der Waals surface area contributed by atoms with Gasteiger partial charge in [-0.15, -0.1) is 0 Å². The number of nitrogens with zero attached hydrogens (tertiary/aromatic N) is 3. The summed E-state index contributed by atoms with van der Waals surface area (Å²) in [5, 5.41) is 6.94. The molecule has 0 spiro atoms. The quantitative estimate of drug-likeness (QED) is 0.360. The van der Waals surface area contributed by atoms with Gasteiger partial charge in [0.25, 0.3) is 11.5 Å². The van der Waals surface area contributed by atoms with Gasteiger partial charge in [-0.1, -0.05) is 59.9 Å². The Kier molecular flexibility index (Phi) is 7.50. The van der Waals surface area contributed by atoms with E-state index < -0.39 is 30.0 Å². The third-order valence-electron chi connectivity index (χ3n) is 5.18. The summed E-state index contributed by atoms with van der Waals surface area (Å²) in [5.41, 5.74) is 0.697. The Balaban J connectivity index is 1.58. The fourth-order valence-electron chi connectivity index (χ4n) is 3.46. The number of esters is 2. The molecule has 10 nitrogen and oxygen atoms in total. The minimum absolute atomic E-state index is 0.109. The number of aromatic amines is 1. The highest BCUT2D eigenvalue weighted by Crippen LogP contribution is 2.28. The highest BCUT2D eigenvalue weighted by molar-refractivity contribution is 7.17. The van der Waals surface area contributed by atoms with E-state index in [0.717, 1.165) is 16.9 Å². The van der Waals surface area contributed by atoms with Crippen LogP contribution in [0.15, 0.2) is 59.4 Å². The van der Waals surface area contributed by atoms with Crippen LogP contribution in [0.1, 0.15) is 38.3 Å². The van der Waals surface area contributed by atoms with Crippen LogP contribution in [0.4, 0.5) is 5.13 Å². The molecular formula is C25H22N4O6S. The fourth-order valence-corrected chi connectivity index (χ4v) is 4.43. The van der Waals surface area contributed by atoms with Crippen molar-refractivity contribution in [2.24, 2.45) is 0 Å². The molecule has 1 N–H and O–H groups in total. The van der Waals surface area contributed by atoms with Gasteiger partial charge in [0, 0.05) is 5.39 Å². The molecule has 0 saturated carbocycles. The number of carbonyl (C=O) groups is 3. The van der Waals surface area contributed by atoms with E-state index in [1.165, 1.54) is 4.90 Å². The number of aromatic nitrogens is 3. The second-order valence-corrected chi connectivity index (χ2v) is 8.60. The van der Waals surface area contributed by atoms with Crippen LogP contribution in [-0.4, -0.2) is 46.2 Å².